The van der Waals surface area contributed by atoms with Crippen molar-refractivity contribution in [2.75, 3.05) is 13.7 Å². The van der Waals surface area contributed by atoms with Crippen molar-refractivity contribution in [2.24, 2.45) is 0 Å². The van der Waals surface area contributed by atoms with Crippen molar-refractivity contribution in [1.82, 2.24) is 4.90 Å². The van der Waals surface area contributed by atoms with Gasteiger partial charge in [-0.3, -0.25) is 4.79 Å². The summed E-state index contributed by atoms with van der Waals surface area (Å²) in [5, 5.41) is 0.705. The maximum atomic E-state index is 12.1. The van der Waals surface area contributed by atoms with Gasteiger partial charge in [0.1, 0.15) is 5.75 Å². The molecule has 0 aliphatic carbocycles. The number of benzene rings is 2. The Morgan fingerprint density at radius 2 is 1.74 bits per heavy atom. The van der Waals surface area contributed by atoms with E-state index in [9.17, 15) is 4.79 Å². The molecular formula is C19H22ClNO2. The number of nitrogens with zero attached hydrogens (tertiary/aromatic N) is 1. The van der Waals surface area contributed by atoms with Gasteiger partial charge in [0.2, 0.25) is 5.91 Å². The molecule has 0 saturated heterocycles. The van der Waals surface area contributed by atoms with Gasteiger partial charge in [-0.25, -0.2) is 0 Å². The quantitative estimate of drug-likeness (QED) is 0.701. The molecule has 122 valence electrons. The van der Waals surface area contributed by atoms with Crippen molar-refractivity contribution in [2.45, 2.75) is 26.3 Å². The summed E-state index contributed by atoms with van der Waals surface area (Å²) in [6, 6.07) is 15.5. The Bertz CT molecular complexity index is 623. The van der Waals surface area contributed by atoms with Gasteiger partial charge < -0.3 is 9.64 Å². The fourth-order valence-electron chi connectivity index (χ4n) is 2.19. The van der Waals surface area contributed by atoms with Crippen molar-refractivity contribution in [3.8, 4) is 5.75 Å². The Balaban J connectivity index is 1.69. The van der Waals surface area contributed by atoms with E-state index < -0.39 is 0 Å². The van der Waals surface area contributed by atoms with E-state index in [1.807, 2.05) is 62.5 Å². The first-order valence-electron chi connectivity index (χ1n) is 7.72. The van der Waals surface area contributed by atoms with Crippen LogP contribution in [0, 0.1) is 6.92 Å². The minimum Gasteiger partial charge on any atom is -0.494 e. The SMILES string of the molecule is Cc1ccc(OCCCC(=O)N(C)Cc2ccc(Cl)cc2)cc1. The van der Waals surface area contributed by atoms with Crippen LogP contribution < -0.4 is 4.74 Å². The van der Waals surface area contributed by atoms with Crippen LogP contribution in [0.5, 0.6) is 5.75 Å². The number of hydrogen-bond acceptors (Lipinski definition) is 2. The molecule has 0 unspecified atom stereocenters. The zero-order valence-corrected chi connectivity index (χ0v) is 14.3. The van der Waals surface area contributed by atoms with Gasteiger partial charge in [0.05, 0.1) is 6.61 Å². The average Bonchev–Trinajstić information content (AvgIpc) is 2.55. The fourth-order valence-corrected chi connectivity index (χ4v) is 2.32. The molecule has 2 aromatic rings. The maximum absolute atomic E-state index is 12.1. The summed E-state index contributed by atoms with van der Waals surface area (Å²) in [4.78, 5) is 13.8. The van der Waals surface area contributed by atoms with Crippen molar-refractivity contribution in [3.63, 3.8) is 0 Å². The lowest BCUT2D eigenvalue weighted by atomic mass is 10.2. The van der Waals surface area contributed by atoms with Gasteiger partial charge in [0.25, 0.3) is 0 Å². The Kier molecular flexibility index (Phi) is 6.48. The summed E-state index contributed by atoms with van der Waals surface area (Å²) in [6.45, 7) is 3.18. The molecule has 0 N–H and O–H groups in total. The maximum Gasteiger partial charge on any atom is 0.222 e. The topological polar surface area (TPSA) is 29.5 Å². The molecule has 0 bridgehead atoms. The Morgan fingerprint density at radius 1 is 1.09 bits per heavy atom. The highest BCUT2D eigenvalue weighted by atomic mass is 35.5. The van der Waals surface area contributed by atoms with Gasteiger partial charge in [-0.15, -0.1) is 0 Å². The minimum atomic E-state index is 0.118. The number of carbonyl (C=O) groups excluding carboxylic acids is 1. The first kappa shape index (κ1) is 17.4. The summed E-state index contributed by atoms with van der Waals surface area (Å²) in [6.07, 6.45) is 1.19. The summed E-state index contributed by atoms with van der Waals surface area (Å²) in [5.74, 6) is 0.963. The molecule has 0 saturated carbocycles. The molecule has 3 nitrogen and oxygen atoms in total. The summed E-state index contributed by atoms with van der Waals surface area (Å²) >= 11 is 5.86. The number of aryl methyl sites for hydroxylation is 1. The molecule has 2 aromatic carbocycles. The van der Waals surface area contributed by atoms with E-state index in [2.05, 4.69) is 0 Å². The van der Waals surface area contributed by atoms with Crippen molar-refractivity contribution >= 4 is 17.5 Å². The molecule has 0 fully saturated rings. The van der Waals surface area contributed by atoms with Crippen LogP contribution in [0.1, 0.15) is 24.0 Å². The highest BCUT2D eigenvalue weighted by Crippen LogP contribution is 2.13. The smallest absolute Gasteiger partial charge is 0.222 e. The Labute approximate surface area is 142 Å². The van der Waals surface area contributed by atoms with Crippen LogP contribution in [0.4, 0.5) is 0 Å². The molecule has 0 aliphatic rings. The second-order valence-electron chi connectivity index (χ2n) is 5.64. The monoisotopic (exact) mass is 331 g/mol. The standard InChI is InChI=1S/C19H22ClNO2/c1-15-5-11-18(12-6-15)23-13-3-4-19(22)21(2)14-16-7-9-17(20)10-8-16/h5-12H,3-4,13-14H2,1-2H3. The van der Waals surface area contributed by atoms with E-state index in [4.69, 9.17) is 16.3 Å². The molecule has 1 amide bonds. The predicted molar refractivity (Wildman–Crippen MR) is 93.8 cm³/mol. The fraction of sp³-hybridized carbons (Fsp3) is 0.316. The lowest BCUT2D eigenvalue weighted by Gasteiger charge is -2.17. The molecule has 0 aromatic heterocycles. The van der Waals surface area contributed by atoms with Crippen LogP contribution in [0.3, 0.4) is 0 Å². The zero-order valence-electron chi connectivity index (χ0n) is 13.6. The normalized spacial score (nSPS) is 10.4. The van der Waals surface area contributed by atoms with Crippen molar-refractivity contribution in [1.29, 1.82) is 0 Å². The van der Waals surface area contributed by atoms with E-state index in [1.165, 1.54) is 5.56 Å². The van der Waals surface area contributed by atoms with E-state index in [0.29, 0.717) is 31.0 Å². The predicted octanol–water partition coefficient (Wildman–Crippen LogP) is 4.47. The van der Waals surface area contributed by atoms with Gasteiger partial charge in [-0.1, -0.05) is 41.4 Å². The molecule has 0 radical (unpaired) electrons. The van der Waals surface area contributed by atoms with E-state index in [-0.39, 0.29) is 5.91 Å². The van der Waals surface area contributed by atoms with Crippen LogP contribution >= 0.6 is 11.6 Å². The molecule has 4 heteroatoms. The number of hydrogen-bond donors (Lipinski definition) is 0. The van der Waals surface area contributed by atoms with Crippen LogP contribution in [0.25, 0.3) is 0 Å². The number of ether oxygens (including phenoxy) is 1. The molecule has 0 heterocycles. The van der Waals surface area contributed by atoms with Gasteiger partial charge in [-0.05, 0) is 43.2 Å². The van der Waals surface area contributed by atoms with Gasteiger partial charge in [0, 0.05) is 25.0 Å². The second kappa shape index (κ2) is 8.59. The highest BCUT2D eigenvalue weighted by Gasteiger charge is 2.09. The average molecular weight is 332 g/mol. The number of carbonyl (C=O) groups is 1. The summed E-state index contributed by atoms with van der Waals surface area (Å²) < 4.78 is 5.64. The third-order valence-corrected chi connectivity index (χ3v) is 3.84. The van der Waals surface area contributed by atoms with Crippen LogP contribution in [0.2, 0.25) is 5.02 Å². The first-order valence-corrected chi connectivity index (χ1v) is 8.10. The largest absolute Gasteiger partial charge is 0.494 e. The van der Waals surface area contributed by atoms with Crippen molar-refractivity contribution in [3.05, 3.63) is 64.7 Å². The molecule has 0 atom stereocenters. The van der Waals surface area contributed by atoms with Gasteiger partial charge in [-0.2, -0.15) is 0 Å². The van der Waals surface area contributed by atoms with Gasteiger partial charge >= 0.3 is 0 Å². The Morgan fingerprint density at radius 3 is 2.39 bits per heavy atom. The Hall–Kier alpha value is -2.00. The first-order chi connectivity index (χ1) is 11.0. The van der Waals surface area contributed by atoms with E-state index in [1.54, 1.807) is 4.90 Å². The number of rotatable bonds is 7. The second-order valence-corrected chi connectivity index (χ2v) is 6.08. The zero-order chi connectivity index (χ0) is 16.7. The third-order valence-electron chi connectivity index (χ3n) is 3.58. The lowest BCUT2D eigenvalue weighted by Crippen LogP contribution is -2.26. The molecule has 23 heavy (non-hydrogen) atoms. The third kappa shape index (κ3) is 5.95. The molecule has 0 spiro atoms. The molecular weight excluding hydrogens is 310 g/mol. The number of halogens is 1. The summed E-state index contributed by atoms with van der Waals surface area (Å²) in [5.41, 5.74) is 2.28. The minimum absolute atomic E-state index is 0.118. The van der Waals surface area contributed by atoms with Crippen molar-refractivity contribution < 1.29 is 9.53 Å². The summed E-state index contributed by atoms with van der Waals surface area (Å²) in [7, 11) is 1.82. The van der Waals surface area contributed by atoms with E-state index in [0.717, 1.165) is 11.3 Å². The van der Waals surface area contributed by atoms with Crippen LogP contribution in [-0.4, -0.2) is 24.5 Å². The van der Waals surface area contributed by atoms with E-state index >= 15 is 0 Å². The van der Waals surface area contributed by atoms with Crippen LogP contribution in [0.15, 0.2) is 48.5 Å². The highest BCUT2D eigenvalue weighted by molar-refractivity contribution is 6.30. The van der Waals surface area contributed by atoms with Gasteiger partial charge in [0.15, 0.2) is 0 Å². The van der Waals surface area contributed by atoms with Crippen LogP contribution in [-0.2, 0) is 11.3 Å². The molecule has 0 aliphatic heterocycles. The molecule has 2 rings (SSSR count). The number of amides is 1. The lowest BCUT2D eigenvalue weighted by molar-refractivity contribution is -0.130.